The first-order valence-electron chi connectivity index (χ1n) is 7.32. The Labute approximate surface area is 135 Å². The fourth-order valence-corrected chi connectivity index (χ4v) is 5.26. The van der Waals surface area contributed by atoms with Crippen molar-refractivity contribution in [1.82, 2.24) is 0 Å². The Kier molecular flexibility index (Phi) is 11.1. The van der Waals surface area contributed by atoms with Gasteiger partial charge in [0.25, 0.3) is 0 Å². The van der Waals surface area contributed by atoms with Crippen LogP contribution in [0.15, 0.2) is 0 Å². The van der Waals surface area contributed by atoms with Crippen molar-refractivity contribution in [2.75, 3.05) is 19.8 Å². The highest BCUT2D eigenvalue weighted by Gasteiger charge is 2.40. The van der Waals surface area contributed by atoms with E-state index < -0.39 is 8.80 Å². The summed E-state index contributed by atoms with van der Waals surface area (Å²) in [5, 5.41) is 0. The van der Waals surface area contributed by atoms with Crippen molar-refractivity contribution in [3.8, 4) is 0 Å². The molecule has 0 amide bonds. The molecule has 0 aromatic heterocycles. The van der Waals surface area contributed by atoms with Gasteiger partial charge in [0.05, 0.1) is 0 Å². The van der Waals surface area contributed by atoms with Crippen molar-refractivity contribution >= 4 is 43.0 Å². The van der Waals surface area contributed by atoms with Crippen LogP contribution in [0.5, 0.6) is 0 Å². The minimum absolute atomic E-state index is 0.316. The minimum atomic E-state index is -2.56. The summed E-state index contributed by atoms with van der Waals surface area (Å²) in [6.45, 7) is 11.7. The highest BCUT2D eigenvalue weighted by atomic mass is 32.1. The molecule has 0 saturated heterocycles. The maximum atomic E-state index is 5.86. The zero-order chi connectivity index (χ0) is 15.6. The van der Waals surface area contributed by atoms with Gasteiger partial charge in [0.2, 0.25) is 0 Å². The number of thiocarbonyl (C=S) groups is 2. The normalized spacial score (nSPS) is 13.2. The van der Waals surface area contributed by atoms with E-state index in [0.717, 1.165) is 28.6 Å². The summed E-state index contributed by atoms with van der Waals surface area (Å²) in [4.78, 5) is 2.00. The van der Waals surface area contributed by atoms with Gasteiger partial charge < -0.3 is 13.3 Å². The van der Waals surface area contributed by atoms with E-state index >= 15 is 0 Å². The molecule has 0 fully saturated rings. The molecule has 118 valence electrons. The molecular formula is C14H28O3S2Si. The summed E-state index contributed by atoms with van der Waals surface area (Å²) >= 11 is 10.6. The lowest BCUT2D eigenvalue weighted by Gasteiger charge is -2.29. The number of rotatable bonds is 12. The molecule has 0 aromatic rings. The predicted molar refractivity (Wildman–Crippen MR) is 94.7 cm³/mol. The average Bonchev–Trinajstić information content (AvgIpc) is 2.34. The number of hydrogen-bond donors (Lipinski definition) is 0. The number of hydrogen-bond acceptors (Lipinski definition) is 5. The average molecular weight is 337 g/mol. The van der Waals surface area contributed by atoms with E-state index in [1.54, 1.807) is 0 Å². The second kappa shape index (κ2) is 10.9. The third-order valence-electron chi connectivity index (χ3n) is 3.00. The molecule has 6 heteroatoms. The van der Waals surface area contributed by atoms with E-state index in [4.69, 9.17) is 37.7 Å². The Morgan fingerprint density at radius 3 is 1.70 bits per heavy atom. The predicted octanol–water partition coefficient (Wildman–Crippen LogP) is 4.21. The monoisotopic (exact) mass is 336 g/mol. The molecule has 0 aliphatic heterocycles. The van der Waals surface area contributed by atoms with Gasteiger partial charge in [0.15, 0.2) is 0 Å². The van der Waals surface area contributed by atoms with Crippen molar-refractivity contribution in [3.63, 3.8) is 0 Å². The van der Waals surface area contributed by atoms with E-state index in [1.807, 2.05) is 34.6 Å². The van der Waals surface area contributed by atoms with Gasteiger partial charge in [0.1, 0.15) is 0 Å². The molecule has 0 spiro atoms. The zero-order valence-electron chi connectivity index (χ0n) is 13.4. The van der Waals surface area contributed by atoms with Gasteiger partial charge in [-0.1, -0.05) is 24.4 Å². The highest BCUT2D eigenvalue weighted by molar-refractivity contribution is 7.80. The van der Waals surface area contributed by atoms with Gasteiger partial charge >= 0.3 is 8.80 Å². The summed E-state index contributed by atoms with van der Waals surface area (Å²) in [5.74, 6) is 0.316. The van der Waals surface area contributed by atoms with Crippen LogP contribution in [0.25, 0.3) is 0 Å². The fraction of sp³-hybridized carbons (Fsp3) is 0.857. The first kappa shape index (κ1) is 20.3. The molecule has 0 radical (unpaired) electrons. The third kappa shape index (κ3) is 7.90. The molecule has 0 N–H and O–H groups in total. The summed E-state index contributed by atoms with van der Waals surface area (Å²) in [6, 6.07) is 0.795. The van der Waals surface area contributed by atoms with Crippen LogP contribution in [0.1, 0.15) is 47.5 Å². The maximum Gasteiger partial charge on any atom is 0.500 e. The van der Waals surface area contributed by atoms with Gasteiger partial charge in [-0.3, -0.25) is 0 Å². The van der Waals surface area contributed by atoms with Crippen LogP contribution in [0.4, 0.5) is 0 Å². The van der Waals surface area contributed by atoms with Gasteiger partial charge in [-0.25, -0.2) is 0 Å². The standard InChI is InChI=1S/C14H28O3S2Si/c1-6-15-20(16-7-2,17-8-3)10-9-14(13(5)19)11-12(4)18/h14H,6-11H2,1-5H3. The van der Waals surface area contributed by atoms with Gasteiger partial charge in [-0.2, -0.15) is 0 Å². The molecule has 0 aromatic carbocycles. The summed E-state index contributed by atoms with van der Waals surface area (Å²) in [7, 11) is -2.56. The Morgan fingerprint density at radius 1 is 0.950 bits per heavy atom. The topological polar surface area (TPSA) is 27.7 Å². The SMILES string of the molecule is CCO[Si](CCC(CC(C)=S)C(C)=S)(OCC)OCC. The third-order valence-corrected chi connectivity index (χ3v) is 6.59. The first-order valence-corrected chi connectivity index (χ1v) is 10.1. The van der Waals surface area contributed by atoms with Crippen LogP contribution in [0.3, 0.4) is 0 Å². The highest BCUT2D eigenvalue weighted by Crippen LogP contribution is 2.24. The van der Waals surface area contributed by atoms with Crippen LogP contribution in [0, 0.1) is 5.92 Å². The zero-order valence-corrected chi connectivity index (χ0v) is 16.0. The molecule has 0 rings (SSSR count). The van der Waals surface area contributed by atoms with Crippen molar-refractivity contribution in [3.05, 3.63) is 0 Å². The van der Waals surface area contributed by atoms with Crippen molar-refractivity contribution in [1.29, 1.82) is 0 Å². The second-order valence-corrected chi connectivity index (χ2v) is 8.81. The Morgan fingerprint density at radius 2 is 1.40 bits per heavy atom. The second-order valence-electron chi connectivity index (χ2n) is 4.73. The molecule has 1 unspecified atom stereocenters. The maximum absolute atomic E-state index is 5.86. The van der Waals surface area contributed by atoms with E-state index in [9.17, 15) is 0 Å². The van der Waals surface area contributed by atoms with Gasteiger partial charge in [0, 0.05) is 25.9 Å². The lowest BCUT2D eigenvalue weighted by atomic mass is 9.98. The lowest BCUT2D eigenvalue weighted by molar-refractivity contribution is 0.0702. The summed E-state index contributed by atoms with van der Waals surface area (Å²) in [5.41, 5.74) is 0. The Bertz CT molecular complexity index is 294. The largest absolute Gasteiger partial charge is 0.500 e. The molecule has 0 bridgehead atoms. The van der Waals surface area contributed by atoms with E-state index in [2.05, 4.69) is 0 Å². The van der Waals surface area contributed by atoms with Crippen molar-refractivity contribution in [2.24, 2.45) is 5.92 Å². The Balaban J connectivity index is 4.76. The Hall–Kier alpha value is 0.277. The van der Waals surface area contributed by atoms with Crippen LogP contribution < -0.4 is 0 Å². The molecule has 1 atom stereocenters. The first-order chi connectivity index (χ1) is 9.40. The van der Waals surface area contributed by atoms with Crippen molar-refractivity contribution in [2.45, 2.75) is 53.5 Å². The van der Waals surface area contributed by atoms with Crippen LogP contribution in [-0.4, -0.2) is 38.4 Å². The minimum Gasteiger partial charge on any atom is -0.374 e. The van der Waals surface area contributed by atoms with Crippen molar-refractivity contribution < 1.29 is 13.3 Å². The van der Waals surface area contributed by atoms with E-state index in [-0.39, 0.29) is 0 Å². The molecule has 0 saturated carbocycles. The quantitative estimate of drug-likeness (QED) is 0.393. The lowest BCUT2D eigenvalue weighted by Crippen LogP contribution is -2.46. The van der Waals surface area contributed by atoms with Gasteiger partial charge in [-0.15, -0.1) is 0 Å². The van der Waals surface area contributed by atoms with Crippen LogP contribution >= 0.6 is 24.4 Å². The fourth-order valence-electron chi connectivity index (χ4n) is 2.15. The smallest absolute Gasteiger partial charge is 0.374 e. The van der Waals surface area contributed by atoms with Crippen LogP contribution in [-0.2, 0) is 13.3 Å². The molecule has 0 heterocycles. The van der Waals surface area contributed by atoms with E-state index in [1.165, 1.54) is 0 Å². The van der Waals surface area contributed by atoms with E-state index in [0.29, 0.717) is 25.7 Å². The molecular weight excluding hydrogens is 308 g/mol. The van der Waals surface area contributed by atoms with Gasteiger partial charge in [-0.05, 0) is 63.1 Å². The molecule has 0 aliphatic rings. The molecule has 0 aliphatic carbocycles. The molecule has 20 heavy (non-hydrogen) atoms. The molecule has 3 nitrogen and oxygen atoms in total. The van der Waals surface area contributed by atoms with Crippen LogP contribution in [0.2, 0.25) is 6.04 Å². The summed E-state index contributed by atoms with van der Waals surface area (Å²) in [6.07, 6.45) is 1.77. The summed E-state index contributed by atoms with van der Waals surface area (Å²) < 4.78 is 17.6.